The third kappa shape index (κ3) is 4.67. The number of carbonyl (C=O) groups excluding carboxylic acids is 1. The predicted molar refractivity (Wildman–Crippen MR) is 125 cm³/mol. The largest absolute Gasteiger partial charge is 0.325 e. The van der Waals surface area contributed by atoms with E-state index in [0.717, 1.165) is 28.2 Å². The molecule has 2 aromatic heterocycles. The Balaban J connectivity index is 1.60. The number of pyridine rings is 1. The standard InChI is InChI=1S/C24H23N5OS/c1-16-10-12-19(13-11-16)29-23(20-9-4-5-14-25-20)27-28-24(29)31-15-21(30)26-22-17(2)7-6-8-18(22)3/h4-14H,15H2,1-3H3,(H,26,30). The summed E-state index contributed by atoms with van der Waals surface area (Å²) in [5.41, 5.74) is 5.76. The summed E-state index contributed by atoms with van der Waals surface area (Å²) in [7, 11) is 0. The molecule has 0 aliphatic heterocycles. The molecule has 4 aromatic rings. The Bertz CT molecular complexity index is 1180. The van der Waals surface area contributed by atoms with Crippen molar-refractivity contribution in [3.05, 3.63) is 83.6 Å². The van der Waals surface area contributed by atoms with Gasteiger partial charge in [-0.2, -0.15) is 0 Å². The van der Waals surface area contributed by atoms with Gasteiger partial charge in [0, 0.05) is 17.6 Å². The number of anilines is 1. The summed E-state index contributed by atoms with van der Waals surface area (Å²) in [4.78, 5) is 17.1. The molecule has 0 saturated heterocycles. The summed E-state index contributed by atoms with van der Waals surface area (Å²) in [5.74, 6) is 0.780. The number of amides is 1. The van der Waals surface area contributed by atoms with Crippen LogP contribution in [0.3, 0.4) is 0 Å². The van der Waals surface area contributed by atoms with Crippen molar-refractivity contribution in [1.82, 2.24) is 19.7 Å². The van der Waals surface area contributed by atoms with E-state index in [1.165, 1.54) is 17.3 Å². The molecule has 156 valence electrons. The van der Waals surface area contributed by atoms with Gasteiger partial charge in [0.2, 0.25) is 5.91 Å². The number of para-hydroxylation sites is 1. The third-order valence-corrected chi connectivity index (χ3v) is 5.83. The van der Waals surface area contributed by atoms with E-state index < -0.39 is 0 Å². The van der Waals surface area contributed by atoms with Crippen molar-refractivity contribution in [2.45, 2.75) is 25.9 Å². The van der Waals surface area contributed by atoms with Gasteiger partial charge in [-0.15, -0.1) is 10.2 Å². The van der Waals surface area contributed by atoms with Crippen molar-refractivity contribution < 1.29 is 4.79 Å². The average molecular weight is 430 g/mol. The third-order valence-electron chi connectivity index (χ3n) is 4.90. The maximum absolute atomic E-state index is 12.7. The van der Waals surface area contributed by atoms with Gasteiger partial charge in [-0.1, -0.05) is 53.7 Å². The summed E-state index contributed by atoms with van der Waals surface area (Å²) in [5, 5.41) is 12.4. The van der Waals surface area contributed by atoms with Crippen LogP contribution in [0.2, 0.25) is 0 Å². The summed E-state index contributed by atoms with van der Waals surface area (Å²) >= 11 is 1.35. The van der Waals surface area contributed by atoms with Crippen molar-refractivity contribution in [1.29, 1.82) is 0 Å². The minimum Gasteiger partial charge on any atom is -0.325 e. The molecule has 4 rings (SSSR count). The van der Waals surface area contributed by atoms with Crippen LogP contribution < -0.4 is 5.32 Å². The molecular formula is C24H23N5OS. The van der Waals surface area contributed by atoms with E-state index in [4.69, 9.17) is 0 Å². The number of hydrogen-bond acceptors (Lipinski definition) is 5. The van der Waals surface area contributed by atoms with E-state index in [-0.39, 0.29) is 11.7 Å². The molecule has 1 amide bonds. The maximum Gasteiger partial charge on any atom is 0.234 e. The zero-order valence-electron chi connectivity index (χ0n) is 17.7. The van der Waals surface area contributed by atoms with Gasteiger partial charge in [-0.3, -0.25) is 14.3 Å². The van der Waals surface area contributed by atoms with Crippen LogP contribution in [-0.4, -0.2) is 31.4 Å². The number of rotatable bonds is 6. The predicted octanol–water partition coefficient (Wildman–Crippen LogP) is 4.99. The van der Waals surface area contributed by atoms with Crippen LogP contribution in [0, 0.1) is 20.8 Å². The highest BCUT2D eigenvalue weighted by atomic mass is 32.2. The second-order valence-corrected chi connectivity index (χ2v) is 8.24. The van der Waals surface area contributed by atoms with Gasteiger partial charge in [0.1, 0.15) is 5.69 Å². The number of hydrogen-bond donors (Lipinski definition) is 1. The van der Waals surface area contributed by atoms with Crippen LogP contribution >= 0.6 is 11.8 Å². The zero-order chi connectivity index (χ0) is 21.8. The molecule has 0 spiro atoms. The van der Waals surface area contributed by atoms with Gasteiger partial charge >= 0.3 is 0 Å². The molecule has 2 heterocycles. The van der Waals surface area contributed by atoms with Crippen molar-refractivity contribution in [2.75, 3.05) is 11.1 Å². The molecule has 0 atom stereocenters. The van der Waals surface area contributed by atoms with Crippen molar-refractivity contribution in [3.8, 4) is 17.2 Å². The number of aromatic nitrogens is 4. The fraction of sp³-hybridized carbons (Fsp3) is 0.167. The lowest BCUT2D eigenvalue weighted by Gasteiger charge is -2.12. The van der Waals surface area contributed by atoms with Crippen LogP contribution in [0.25, 0.3) is 17.2 Å². The Morgan fingerprint density at radius 1 is 0.935 bits per heavy atom. The summed E-state index contributed by atoms with van der Waals surface area (Å²) in [6.45, 7) is 6.02. The SMILES string of the molecule is Cc1ccc(-n2c(SCC(=O)Nc3c(C)cccc3C)nnc2-c2ccccn2)cc1. The highest BCUT2D eigenvalue weighted by molar-refractivity contribution is 7.99. The molecule has 1 N–H and O–H groups in total. The summed E-state index contributed by atoms with van der Waals surface area (Å²) in [6, 6.07) is 19.8. The van der Waals surface area contributed by atoms with Crippen molar-refractivity contribution >= 4 is 23.4 Å². The molecule has 0 radical (unpaired) electrons. The molecule has 31 heavy (non-hydrogen) atoms. The van der Waals surface area contributed by atoms with E-state index in [2.05, 4.69) is 20.5 Å². The van der Waals surface area contributed by atoms with E-state index in [9.17, 15) is 4.79 Å². The molecule has 0 saturated carbocycles. The Kier molecular flexibility index (Phi) is 6.13. The lowest BCUT2D eigenvalue weighted by atomic mass is 10.1. The first-order valence-corrected chi connectivity index (χ1v) is 10.9. The molecule has 0 bridgehead atoms. The summed E-state index contributed by atoms with van der Waals surface area (Å²) < 4.78 is 1.94. The minimum atomic E-state index is -0.0831. The van der Waals surface area contributed by atoms with E-state index in [0.29, 0.717) is 11.0 Å². The molecule has 6 nitrogen and oxygen atoms in total. The van der Waals surface area contributed by atoms with Gasteiger partial charge in [-0.05, 0) is 56.2 Å². The smallest absolute Gasteiger partial charge is 0.234 e. The highest BCUT2D eigenvalue weighted by Gasteiger charge is 2.18. The Morgan fingerprint density at radius 2 is 1.68 bits per heavy atom. The number of nitrogens with one attached hydrogen (secondary N) is 1. The van der Waals surface area contributed by atoms with Crippen LogP contribution in [-0.2, 0) is 4.79 Å². The number of nitrogens with zero attached hydrogens (tertiary/aromatic N) is 4. The molecule has 0 aliphatic carbocycles. The first kappa shape index (κ1) is 20.8. The maximum atomic E-state index is 12.7. The minimum absolute atomic E-state index is 0.0831. The molecule has 0 fully saturated rings. The van der Waals surface area contributed by atoms with Gasteiger partial charge in [0.05, 0.1) is 5.75 Å². The first-order chi connectivity index (χ1) is 15.0. The van der Waals surface area contributed by atoms with Crippen LogP contribution in [0.1, 0.15) is 16.7 Å². The fourth-order valence-corrected chi connectivity index (χ4v) is 4.02. The lowest BCUT2D eigenvalue weighted by molar-refractivity contribution is -0.113. The molecule has 0 unspecified atom stereocenters. The Hall–Kier alpha value is -3.45. The highest BCUT2D eigenvalue weighted by Crippen LogP contribution is 2.27. The van der Waals surface area contributed by atoms with Crippen molar-refractivity contribution in [3.63, 3.8) is 0 Å². The monoisotopic (exact) mass is 429 g/mol. The van der Waals surface area contributed by atoms with Crippen LogP contribution in [0.15, 0.2) is 72.0 Å². The number of thioether (sulfide) groups is 1. The van der Waals surface area contributed by atoms with E-state index in [1.54, 1.807) is 6.20 Å². The normalized spacial score (nSPS) is 10.8. The quantitative estimate of drug-likeness (QED) is 0.437. The number of aryl methyl sites for hydroxylation is 3. The van der Waals surface area contributed by atoms with Gasteiger partial charge in [-0.25, -0.2) is 0 Å². The lowest BCUT2D eigenvalue weighted by Crippen LogP contribution is -2.16. The van der Waals surface area contributed by atoms with Gasteiger partial charge < -0.3 is 5.32 Å². The Labute approximate surface area is 185 Å². The van der Waals surface area contributed by atoms with Crippen LogP contribution in [0.5, 0.6) is 0 Å². The number of benzene rings is 2. The molecule has 2 aromatic carbocycles. The number of carbonyl (C=O) groups is 1. The van der Waals surface area contributed by atoms with Gasteiger partial charge in [0.15, 0.2) is 11.0 Å². The molecule has 0 aliphatic rings. The second kappa shape index (κ2) is 9.14. The van der Waals surface area contributed by atoms with Crippen molar-refractivity contribution in [2.24, 2.45) is 0 Å². The van der Waals surface area contributed by atoms with E-state index in [1.807, 2.05) is 86.0 Å². The van der Waals surface area contributed by atoms with Gasteiger partial charge in [0.25, 0.3) is 0 Å². The summed E-state index contributed by atoms with van der Waals surface area (Å²) in [6.07, 6.45) is 1.73. The molecule has 7 heteroatoms. The molecular weight excluding hydrogens is 406 g/mol. The Morgan fingerprint density at radius 3 is 2.35 bits per heavy atom. The fourth-order valence-electron chi connectivity index (χ4n) is 3.27. The second-order valence-electron chi connectivity index (χ2n) is 7.30. The van der Waals surface area contributed by atoms with E-state index >= 15 is 0 Å². The zero-order valence-corrected chi connectivity index (χ0v) is 18.5. The van der Waals surface area contributed by atoms with Crippen LogP contribution in [0.4, 0.5) is 5.69 Å². The first-order valence-electron chi connectivity index (χ1n) is 9.95. The topological polar surface area (TPSA) is 72.7 Å². The average Bonchev–Trinajstić information content (AvgIpc) is 3.20.